The van der Waals surface area contributed by atoms with Gasteiger partial charge in [-0.05, 0) is 39.8 Å². The summed E-state index contributed by atoms with van der Waals surface area (Å²) in [4.78, 5) is 28.0. The maximum absolute atomic E-state index is 11.9. The summed E-state index contributed by atoms with van der Waals surface area (Å²) in [6.07, 6.45) is 1.70. The number of aromatic nitrogens is 4. The molecular weight excluding hydrogens is 322 g/mol. The second-order valence-corrected chi connectivity index (χ2v) is 6.78. The first-order valence-electron chi connectivity index (χ1n) is 7.66. The van der Waals surface area contributed by atoms with E-state index in [4.69, 9.17) is 0 Å². The van der Waals surface area contributed by atoms with Crippen LogP contribution in [-0.4, -0.2) is 19.9 Å². The summed E-state index contributed by atoms with van der Waals surface area (Å²) in [6, 6.07) is 3.84. The van der Waals surface area contributed by atoms with Gasteiger partial charge in [-0.2, -0.15) is 0 Å². The van der Waals surface area contributed by atoms with Gasteiger partial charge in [0.1, 0.15) is 11.6 Å². The fourth-order valence-electron chi connectivity index (χ4n) is 2.28. The number of aromatic amines is 1. The molecule has 3 aromatic rings. The molecule has 3 rings (SSSR count). The van der Waals surface area contributed by atoms with Gasteiger partial charge in [0.05, 0.1) is 16.7 Å². The minimum atomic E-state index is -0.118. The number of H-pyrrole nitrogens is 1. The molecule has 0 aromatic carbocycles. The molecule has 3 aromatic heterocycles. The number of pyridine rings is 1. The van der Waals surface area contributed by atoms with Crippen LogP contribution in [0.1, 0.15) is 34.9 Å². The Kier molecular flexibility index (Phi) is 4.44. The van der Waals surface area contributed by atoms with Gasteiger partial charge in [-0.1, -0.05) is 0 Å². The van der Waals surface area contributed by atoms with Crippen molar-refractivity contribution in [2.24, 2.45) is 0 Å². The van der Waals surface area contributed by atoms with Crippen molar-refractivity contribution in [3.63, 3.8) is 0 Å². The second-order valence-electron chi connectivity index (χ2n) is 5.71. The standard InChI is InChI=1S/C17H19N5OS/c1-9-10(2)20-16(22-17(9)23)13-5-6-15(18-7-13)19-11(3)14-8-24-12(4)21-14/h5-8,11H,1-4H3,(H,18,19)(H,20,22,23). The van der Waals surface area contributed by atoms with Crippen molar-refractivity contribution < 1.29 is 0 Å². The van der Waals surface area contributed by atoms with Crippen LogP contribution in [0, 0.1) is 20.8 Å². The van der Waals surface area contributed by atoms with Crippen molar-refractivity contribution in [2.75, 3.05) is 5.32 Å². The highest BCUT2D eigenvalue weighted by molar-refractivity contribution is 7.09. The van der Waals surface area contributed by atoms with E-state index in [0.29, 0.717) is 11.4 Å². The van der Waals surface area contributed by atoms with Crippen LogP contribution in [0.5, 0.6) is 0 Å². The molecule has 0 aliphatic heterocycles. The SMILES string of the molecule is Cc1nc(C(C)Nc2ccc(-c3nc(C)c(C)c(=O)[nH]3)cn2)cs1. The van der Waals surface area contributed by atoms with E-state index in [-0.39, 0.29) is 11.6 Å². The molecule has 0 aliphatic rings. The second kappa shape index (κ2) is 6.52. The number of aryl methyl sites for hydroxylation is 2. The minimum absolute atomic E-state index is 0.0767. The number of rotatable bonds is 4. The summed E-state index contributed by atoms with van der Waals surface area (Å²) in [5.41, 5.74) is 3.02. The van der Waals surface area contributed by atoms with Gasteiger partial charge < -0.3 is 10.3 Å². The van der Waals surface area contributed by atoms with E-state index in [1.54, 1.807) is 24.5 Å². The quantitative estimate of drug-likeness (QED) is 0.760. The molecule has 0 fully saturated rings. The Morgan fingerprint density at radius 2 is 2.00 bits per heavy atom. The normalized spacial score (nSPS) is 12.2. The Balaban J connectivity index is 1.79. The lowest BCUT2D eigenvalue weighted by Gasteiger charge is -2.12. The fourth-order valence-corrected chi connectivity index (χ4v) is 2.98. The number of nitrogens with one attached hydrogen (secondary N) is 2. The summed E-state index contributed by atoms with van der Waals surface area (Å²) in [5, 5.41) is 6.42. The van der Waals surface area contributed by atoms with Gasteiger partial charge in [-0.15, -0.1) is 11.3 Å². The third-order valence-corrected chi connectivity index (χ3v) is 4.67. The Morgan fingerprint density at radius 3 is 2.58 bits per heavy atom. The molecule has 0 spiro atoms. The molecular formula is C17H19N5OS. The van der Waals surface area contributed by atoms with Crippen molar-refractivity contribution in [2.45, 2.75) is 33.7 Å². The average Bonchev–Trinajstić information content (AvgIpc) is 2.99. The van der Waals surface area contributed by atoms with Crippen molar-refractivity contribution in [3.8, 4) is 11.4 Å². The van der Waals surface area contributed by atoms with Crippen LogP contribution in [0.4, 0.5) is 5.82 Å². The summed E-state index contributed by atoms with van der Waals surface area (Å²) >= 11 is 1.63. The minimum Gasteiger partial charge on any atom is -0.362 e. The molecule has 124 valence electrons. The molecule has 3 heterocycles. The zero-order valence-electron chi connectivity index (χ0n) is 14.0. The maximum Gasteiger partial charge on any atom is 0.254 e. The van der Waals surface area contributed by atoms with Gasteiger partial charge in [-0.25, -0.2) is 15.0 Å². The lowest BCUT2D eigenvalue weighted by molar-refractivity contribution is 0.837. The number of hydrogen-bond donors (Lipinski definition) is 2. The highest BCUT2D eigenvalue weighted by Crippen LogP contribution is 2.21. The Bertz CT molecular complexity index is 913. The van der Waals surface area contributed by atoms with E-state index in [9.17, 15) is 4.79 Å². The van der Waals surface area contributed by atoms with Crippen molar-refractivity contribution in [1.82, 2.24) is 19.9 Å². The summed E-state index contributed by atoms with van der Waals surface area (Å²) in [6.45, 7) is 7.63. The van der Waals surface area contributed by atoms with Crippen molar-refractivity contribution in [1.29, 1.82) is 0 Å². The van der Waals surface area contributed by atoms with Gasteiger partial charge in [0.2, 0.25) is 0 Å². The van der Waals surface area contributed by atoms with Crippen molar-refractivity contribution in [3.05, 3.63) is 56.0 Å². The molecule has 0 amide bonds. The predicted octanol–water partition coefficient (Wildman–Crippen LogP) is 3.39. The smallest absolute Gasteiger partial charge is 0.254 e. The monoisotopic (exact) mass is 341 g/mol. The van der Waals surface area contributed by atoms with Crippen LogP contribution >= 0.6 is 11.3 Å². The van der Waals surface area contributed by atoms with Crippen LogP contribution < -0.4 is 10.9 Å². The van der Waals surface area contributed by atoms with Crippen LogP contribution in [0.3, 0.4) is 0 Å². The zero-order valence-corrected chi connectivity index (χ0v) is 14.9. The van der Waals surface area contributed by atoms with Crippen LogP contribution in [0.25, 0.3) is 11.4 Å². The Morgan fingerprint density at radius 1 is 1.21 bits per heavy atom. The maximum atomic E-state index is 11.9. The predicted molar refractivity (Wildman–Crippen MR) is 96.5 cm³/mol. The molecule has 1 atom stereocenters. The third-order valence-electron chi connectivity index (χ3n) is 3.88. The highest BCUT2D eigenvalue weighted by atomic mass is 32.1. The van der Waals surface area contributed by atoms with Gasteiger partial charge >= 0.3 is 0 Å². The lowest BCUT2D eigenvalue weighted by Crippen LogP contribution is -2.14. The van der Waals surface area contributed by atoms with Gasteiger partial charge in [0, 0.05) is 28.4 Å². The fraction of sp³-hybridized carbons (Fsp3) is 0.294. The van der Waals surface area contributed by atoms with E-state index >= 15 is 0 Å². The van der Waals surface area contributed by atoms with Crippen molar-refractivity contribution >= 4 is 17.2 Å². The lowest BCUT2D eigenvalue weighted by atomic mass is 10.2. The first kappa shape index (κ1) is 16.3. The molecule has 0 bridgehead atoms. The highest BCUT2D eigenvalue weighted by Gasteiger charge is 2.10. The Labute approximate surface area is 144 Å². The molecule has 2 N–H and O–H groups in total. The van der Waals surface area contributed by atoms with Gasteiger partial charge in [0.15, 0.2) is 0 Å². The Hall–Kier alpha value is -2.54. The summed E-state index contributed by atoms with van der Waals surface area (Å²) in [7, 11) is 0. The number of nitrogens with zero attached hydrogens (tertiary/aromatic N) is 3. The molecule has 24 heavy (non-hydrogen) atoms. The molecule has 0 radical (unpaired) electrons. The molecule has 1 unspecified atom stereocenters. The molecule has 0 saturated heterocycles. The molecule has 6 nitrogen and oxygen atoms in total. The number of thiazole rings is 1. The van der Waals surface area contributed by atoms with E-state index < -0.39 is 0 Å². The number of anilines is 1. The largest absolute Gasteiger partial charge is 0.362 e. The zero-order chi connectivity index (χ0) is 17.3. The van der Waals surface area contributed by atoms with E-state index in [0.717, 1.165) is 27.8 Å². The number of hydrogen-bond acceptors (Lipinski definition) is 6. The summed E-state index contributed by atoms with van der Waals surface area (Å²) < 4.78 is 0. The summed E-state index contributed by atoms with van der Waals surface area (Å²) in [5.74, 6) is 1.29. The third kappa shape index (κ3) is 3.35. The van der Waals surface area contributed by atoms with Crippen LogP contribution in [-0.2, 0) is 0 Å². The first-order valence-corrected chi connectivity index (χ1v) is 8.54. The molecule has 0 aliphatic carbocycles. The van der Waals surface area contributed by atoms with E-state index in [1.807, 2.05) is 38.3 Å². The van der Waals surface area contributed by atoms with Gasteiger partial charge in [0.25, 0.3) is 5.56 Å². The first-order chi connectivity index (χ1) is 11.4. The van der Waals surface area contributed by atoms with E-state index in [2.05, 4.69) is 25.3 Å². The van der Waals surface area contributed by atoms with E-state index in [1.165, 1.54) is 0 Å². The van der Waals surface area contributed by atoms with Gasteiger partial charge in [-0.3, -0.25) is 4.79 Å². The topological polar surface area (TPSA) is 83.6 Å². The average molecular weight is 341 g/mol. The molecule has 0 saturated carbocycles. The van der Waals surface area contributed by atoms with Crippen LogP contribution in [0.15, 0.2) is 28.5 Å². The van der Waals surface area contributed by atoms with Crippen LogP contribution in [0.2, 0.25) is 0 Å². The molecule has 7 heteroatoms.